The molecule has 5 nitrogen and oxygen atoms in total. The normalized spacial score (nSPS) is 19.9. The Morgan fingerprint density at radius 1 is 1.47 bits per heavy atom. The topological polar surface area (TPSA) is 87.6 Å². The lowest BCUT2D eigenvalue weighted by Gasteiger charge is -2.24. The monoisotopic (exact) mass is 236 g/mol. The number of ether oxygens (including phenoxy) is 2. The summed E-state index contributed by atoms with van der Waals surface area (Å²) in [6.07, 6.45) is 1.86. The molecule has 92 valence electrons. The van der Waals surface area contributed by atoms with Crippen LogP contribution in [0.25, 0.3) is 0 Å². The van der Waals surface area contributed by atoms with Gasteiger partial charge in [0.2, 0.25) is 0 Å². The van der Waals surface area contributed by atoms with Gasteiger partial charge in [0.15, 0.2) is 0 Å². The van der Waals surface area contributed by atoms with Crippen molar-refractivity contribution >= 4 is 11.6 Å². The van der Waals surface area contributed by atoms with Gasteiger partial charge in [-0.2, -0.15) is 0 Å². The highest BCUT2D eigenvalue weighted by molar-refractivity contribution is 5.96. The summed E-state index contributed by atoms with van der Waals surface area (Å²) in [5, 5.41) is 0. The van der Waals surface area contributed by atoms with Gasteiger partial charge in [0, 0.05) is 12.3 Å². The molecule has 1 heterocycles. The molecular weight excluding hydrogens is 220 g/mol. The third-order valence-corrected chi connectivity index (χ3v) is 2.68. The maximum Gasteiger partial charge on any atom is 0.252 e. The van der Waals surface area contributed by atoms with Gasteiger partial charge in [-0.05, 0) is 31.0 Å². The molecule has 1 aromatic rings. The molecule has 0 radical (unpaired) electrons. The lowest BCUT2D eigenvalue weighted by Crippen LogP contribution is -2.29. The second-order valence-electron chi connectivity index (χ2n) is 4.08. The second kappa shape index (κ2) is 5.05. The largest absolute Gasteiger partial charge is 0.487 e. The van der Waals surface area contributed by atoms with Crippen LogP contribution in [0, 0.1) is 0 Å². The Morgan fingerprint density at radius 2 is 2.29 bits per heavy atom. The minimum atomic E-state index is -0.538. The minimum absolute atomic E-state index is 0.0227. The van der Waals surface area contributed by atoms with Gasteiger partial charge in [-0.1, -0.05) is 0 Å². The van der Waals surface area contributed by atoms with E-state index in [1.165, 1.54) is 6.07 Å². The Kier molecular flexibility index (Phi) is 3.49. The number of carbonyl (C=O) groups is 1. The summed E-state index contributed by atoms with van der Waals surface area (Å²) >= 11 is 0. The molecule has 5 heteroatoms. The number of nitrogen functional groups attached to an aromatic ring is 1. The quantitative estimate of drug-likeness (QED) is 0.764. The van der Waals surface area contributed by atoms with Crippen LogP contribution in [-0.2, 0) is 4.74 Å². The first-order chi connectivity index (χ1) is 8.16. The van der Waals surface area contributed by atoms with Crippen LogP contribution in [0.4, 0.5) is 5.69 Å². The van der Waals surface area contributed by atoms with E-state index in [1.54, 1.807) is 12.1 Å². The Morgan fingerprint density at radius 3 is 2.94 bits per heavy atom. The van der Waals surface area contributed by atoms with Gasteiger partial charge >= 0.3 is 0 Å². The van der Waals surface area contributed by atoms with Crippen LogP contribution >= 0.6 is 0 Å². The van der Waals surface area contributed by atoms with E-state index >= 15 is 0 Å². The highest BCUT2D eigenvalue weighted by Crippen LogP contribution is 2.24. The average Bonchev–Trinajstić information content (AvgIpc) is 2.32. The summed E-state index contributed by atoms with van der Waals surface area (Å²) in [6.45, 7) is 1.31. The van der Waals surface area contributed by atoms with Gasteiger partial charge in [0.05, 0.1) is 12.2 Å². The van der Waals surface area contributed by atoms with Crippen LogP contribution in [0.1, 0.15) is 23.2 Å². The Balaban J connectivity index is 2.16. The molecule has 1 fully saturated rings. The maximum atomic E-state index is 11.3. The first-order valence-corrected chi connectivity index (χ1v) is 5.60. The number of hydrogen-bond acceptors (Lipinski definition) is 4. The van der Waals surface area contributed by atoms with Crippen LogP contribution in [0.2, 0.25) is 0 Å². The van der Waals surface area contributed by atoms with E-state index in [1.807, 2.05) is 0 Å². The molecule has 1 aliphatic rings. The molecule has 0 aromatic heterocycles. The summed E-state index contributed by atoms with van der Waals surface area (Å²) in [4.78, 5) is 11.3. The van der Waals surface area contributed by atoms with Crippen molar-refractivity contribution in [1.82, 2.24) is 0 Å². The molecule has 1 aromatic carbocycles. The van der Waals surface area contributed by atoms with Crippen molar-refractivity contribution in [1.29, 1.82) is 0 Å². The average molecular weight is 236 g/mol. The van der Waals surface area contributed by atoms with Crippen molar-refractivity contribution in [3.8, 4) is 5.75 Å². The second-order valence-corrected chi connectivity index (χ2v) is 4.08. The molecule has 1 unspecified atom stereocenters. The van der Waals surface area contributed by atoms with E-state index in [-0.39, 0.29) is 6.10 Å². The molecule has 0 saturated carbocycles. The van der Waals surface area contributed by atoms with Gasteiger partial charge in [-0.15, -0.1) is 0 Å². The SMILES string of the molecule is NC(=O)c1cc(N)ccc1OC1CCCOC1. The lowest BCUT2D eigenvalue weighted by atomic mass is 10.1. The predicted molar refractivity (Wildman–Crippen MR) is 63.8 cm³/mol. The van der Waals surface area contributed by atoms with Crippen molar-refractivity contribution in [3.05, 3.63) is 23.8 Å². The number of nitrogens with two attached hydrogens (primary N) is 2. The van der Waals surface area contributed by atoms with E-state index in [0.29, 0.717) is 23.6 Å². The number of amides is 1. The van der Waals surface area contributed by atoms with Crippen LogP contribution in [0.15, 0.2) is 18.2 Å². The fraction of sp³-hybridized carbons (Fsp3) is 0.417. The number of primary amides is 1. The number of rotatable bonds is 3. The number of hydrogen-bond donors (Lipinski definition) is 2. The molecule has 17 heavy (non-hydrogen) atoms. The van der Waals surface area contributed by atoms with Crippen LogP contribution in [0.5, 0.6) is 5.75 Å². The van der Waals surface area contributed by atoms with Crippen molar-refractivity contribution in [2.24, 2.45) is 5.73 Å². The molecule has 2 rings (SSSR count). The zero-order chi connectivity index (χ0) is 12.3. The summed E-state index contributed by atoms with van der Waals surface area (Å²) in [5.41, 5.74) is 11.7. The predicted octanol–water partition coefficient (Wildman–Crippen LogP) is 0.925. The first-order valence-electron chi connectivity index (χ1n) is 5.60. The van der Waals surface area contributed by atoms with Crippen LogP contribution < -0.4 is 16.2 Å². The van der Waals surface area contributed by atoms with E-state index in [9.17, 15) is 4.79 Å². The van der Waals surface area contributed by atoms with E-state index < -0.39 is 5.91 Å². The van der Waals surface area contributed by atoms with Gasteiger partial charge in [0.1, 0.15) is 11.9 Å². The Labute approximate surface area is 99.7 Å². The van der Waals surface area contributed by atoms with Crippen molar-refractivity contribution < 1.29 is 14.3 Å². The number of carbonyl (C=O) groups excluding carboxylic acids is 1. The Bertz CT molecular complexity index is 414. The van der Waals surface area contributed by atoms with Gasteiger partial charge in [0.25, 0.3) is 5.91 Å². The van der Waals surface area contributed by atoms with Crippen LogP contribution in [0.3, 0.4) is 0 Å². The summed E-state index contributed by atoms with van der Waals surface area (Å²) in [7, 11) is 0. The van der Waals surface area contributed by atoms with Gasteiger partial charge in [-0.25, -0.2) is 0 Å². The van der Waals surface area contributed by atoms with E-state index in [4.69, 9.17) is 20.9 Å². The number of benzene rings is 1. The zero-order valence-corrected chi connectivity index (χ0v) is 9.52. The standard InChI is InChI=1S/C12H16N2O3/c13-8-3-4-11(10(6-8)12(14)15)17-9-2-1-5-16-7-9/h3-4,6,9H,1-2,5,7,13H2,(H2,14,15). The van der Waals surface area contributed by atoms with Gasteiger partial charge in [-0.3, -0.25) is 4.79 Å². The Hall–Kier alpha value is -1.75. The van der Waals surface area contributed by atoms with Crippen molar-refractivity contribution in [3.63, 3.8) is 0 Å². The lowest BCUT2D eigenvalue weighted by molar-refractivity contribution is 0.00712. The highest BCUT2D eigenvalue weighted by Gasteiger charge is 2.18. The molecule has 4 N–H and O–H groups in total. The molecular formula is C12H16N2O3. The van der Waals surface area contributed by atoms with Crippen molar-refractivity contribution in [2.45, 2.75) is 18.9 Å². The third-order valence-electron chi connectivity index (χ3n) is 2.68. The molecule has 1 aliphatic heterocycles. The summed E-state index contributed by atoms with van der Waals surface area (Å²) < 4.78 is 11.0. The third kappa shape index (κ3) is 2.88. The molecule has 1 atom stereocenters. The molecule has 1 amide bonds. The van der Waals surface area contributed by atoms with Gasteiger partial charge < -0.3 is 20.9 Å². The summed E-state index contributed by atoms with van der Waals surface area (Å²) in [6, 6.07) is 4.89. The first kappa shape index (κ1) is 11.7. The fourth-order valence-electron chi connectivity index (χ4n) is 1.83. The zero-order valence-electron chi connectivity index (χ0n) is 9.52. The fourth-order valence-corrected chi connectivity index (χ4v) is 1.83. The minimum Gasteiger partial charge on any atom is -0.487 e. The molecule has 0 aliphatic carbocycles. The maximum absolute atomic E-state index is 11.3. The van der Waals surface area contributed by atoms with Crippen LogP contribution in [-0.4, -0.2) is 25.2 Å². The number of anilines is 1. The van der Waals surface area contributed by atoms with Crippen molar-refractivity contribution in [2.75, 3.05) is 18.9 Å². The summed E-state index contributed by atoms with van der Waals surface area (Å²) in [5.74, 6) is -0.0637. The van der Waals surface area contributed by atoms with E-state index in [0.717, 1.165) is 19.4 Å². The molecule has 0 spiro atoms. The molecule has 1 saturated heterocycles. The molecule has 0 bridgehead atoms. The van der Waals surface area contributed by atoms with E-state index in [2.05, 4.69) is 0 Å². The highest BCUT2D eigenvalue weighted by atomic mass is 16.5. The smallest absolute Gasteiger partial charge is 0.252 e.